The molecule has 19 heavy (non-hydrogen) atoms. The van der Waals surface area contributed by atoms with Crippen LogP contribution in [0.2, 0.25) is 13.1 Å². The van der Waals surface area contributed by atoms with Crippen molar-refractivity contribution in [3.8, 4) is 0 Å². The summed E-state index contributed by atoms with van der Waals surface area (Å²) in [7, 11) is 0. The van der Waals surface area contributed by atoms with Gasteiger partial charge in [-0.3, -0.25) is 0 Å². The number of halogens is 2. The summed E-state index contributed by atoms with van der Waals surface area (Å²) < 4.78 is 6.07. The van der Waals surface area contributed by atoms with Gasteiger partial charge in [0.2, 0.25) is 0 Å². The molecule has 0 spiro atoms. The molecule has 0 unspecified atom stereocenters. The molecule has 0 heterocycles. The Kier molecular flexibility index (Phi) is 10.5. The summed E-state index contributed by atoms with van der Waals surface area (Å²) in [6, 6.07) is 0.891. The molecule has 0 amide bonds. The van der Waals surface area contributed by atoms with Crippen LogP contribution in [0.25, 0.3) is 0 Å². The summed E-state index contributed by atoms with van der Waals surface area (Å²) in [6.45, 7) is 7.41. The van der Waals surface area contributed by atoms with Crippen LogP contribution < -0.4 is 3.30 Å². The van der Waals surface area contributed by atoms with Crippen molar-refractivity contribution in [1.29, 1.82) is 0 Å². The second-order valence-electron chi connectivity index (χ2n) is 5.87. The van der Waals surface area contributed by atoms with Crippen molar-refractivity contribution >= 4 is 30.8 Å². The zero-order valence-corrected chi connectivity index (χ0v) is 18.7. The molecule has 111 valence electrons. The summed E-state index contributed by atoms with van der Waals surface area (Å²) >= 11 is -1.57. The Morgan fingerprint density at radius 3 is 2.26 bits per heavy atom. The number of allylic oxidation sites excluding steroid dienone is 4. The third-order valence-electron chi connectivity index (χ3n) is 3.93. The Bertz CT molecular complexity index is 325. The van der Waals surface area contributed by atoms with E-state index in [0.29, 0.717) is 0 Å². The van der Waals surface area contributed by atoms with Crippen molar-refractivity contribution in [2.75, 3.05) is 0 Å². The van der Waals surface area contributed by atoms with Crippen LogP contribution in [0.5, 0.6) is 0 Å². The molecule has 0 aliphatic heterocycles. The minimum absolute atomic E-state index is 0. The van der Waals surface area contributed by atoms with Crippen molar-refractivity contribution in [2.45, 2.75) is 64.6 Å². The smallest absolute Gasteiger partial charge is 0.147 e. The molecule has 1 nitrogen and oxygen atoms in total. The molecule has 0 radical (unpaired) electrons. The average Bonchev–Trinajstić information content (AvgIpc) is 2.73. The number of hydrogen-bond acceptors (Lipinski definition) is 1. The molecular formula is C14H28Cl2HfNSi. The molecule has 0 aromatic rings. The summed E-state index contributed by atoms with van der Waals surface area (Å²) in [5, 5.41) is 0. The molecule has 1 saturated carbocycles. The summed E-state index contributed by atoms with van der Waals surface area (Å²) in [5.74, 6) is -0.437. The first kappa shape index (κ1) is 20.1. The Morgan fingerprint density at radius 2 is 1.79 bits per heavy atom. The maximum atomic E-state index is 4.19. The van der Waals surface area contributed by atoms with E-state index in [1.165, 1.54) is 44.1 Å². The topological polar surface area (TPSA) is 12.0 Å². The molecule has 1 fully saturated rings. The van der Waals surface area contributed by atoms with Crippen molar-refractivity contribution in [3.63, 3.8) is 0 Å². The van der Waals surface area contributed by atoms with E-state index in [-0.39, 0.29) is 24.8 Å². The second kappa shape index (κ2) is 9.94. The van der Waals surface area contributed by atoms with Gasteiger partial charge >= 0.3 is 116 Å². The Hall–Kier alpha value is 1.11. The van der Waals surface area contributed by atoms with Gasteiger partial charge in [-0.15, -0.1) is 24.8 Å². The van der Waals surface area contributed by atoms with Crippen LogP contribution in [-0.2, 0) is 20.9 Å². The van der Waals surface area contributed by atoms with Crippen LogP contribution in [0.4, 0.5) is 0 Å². The van der Waals surface area contributed by atoms with Gasteiger partial charge in [-0.05, 0) is 0 Å². The Morgan fingerprint density at radius 1 is 1.16 bits per heavy atom. The zero-order chi connectivity index (χ0) is 12.3. The molecule has 0 bridgehead atoms. The SMILES string of the molecule is CC1=CC[C]([Hf]([NH]C2CCCCC2)[SiH](C)C)=C1.Cl.Cl. The van der Waals surface area contributed by atoms with Crippen LogP contribution in [0, 0.1) is 0 Å². The number of nitrogens with one attached hydrogen (secondary N) is 1. The van der Waals surface area contributed by atoms with Crippen molar-refractivity contribution < 1.29 is 20.9 Å². The first-order chi connectivity index (χ1) is 8.16. The fourth-order valence-electron chi connectivity index (χ4n) is 2.95. The maximum absolute atomic E-state index is 4.19. The third kappa shape index (κ3) is 6.17. The van der Waals surface area contributed by atoms with Gasteiger partial charge in [0.25, 0.3) is 0 Å². The fourth-order valence-corrected chi connectivity index (χ4v) is 25.0. The Balaban J connectivity index is 0.00000162. The van der Waals surface area contributed by atoms with Gasteiger partial charge in [0.05, 0.1) is 0 Å². The van der Waals surface area contributed by atoms with E-state index in [0.717, 1.165) is 6.04 Å². The quantitative estimate of drug-likeness (QED) is 0.576. The first-order valence-electron chi connectivity index (χ1n) is 7.18. The van der Waals surface area contributed by atoms with Crippen LogP contribution >= 0.6 is 24.8 Å². The van der Waals surface area contributed by atoms with Crippen LogP contribution in [0.3, 0.4) is 0 Å². The monoisotopic (exact) mass is 488 g/mol. The van der Waals surface area contributed by atoms with E-state index in [1.807, 2.05) is 3.33 Å². The van der Waals surface area contributed by atoms with Gasteiger partial charge in [-0.1, -0.05) is 0 Å². The van der Waals surface area contributed by atoms with Crippen LogP contribution in [0.1, 0.15) is 45.4 Å². The maximum Gasteiger partial charge on any atom is -0.147 e. The molecule has 0 atom stereocenters. The molecular weight excluding hydrogens is 460 g/mol. The van der Waals surface area contributed by atoms with E-state index in [2.05, 4.69) is 35.5 Å². The van der Waals surface area contributed by atoms with Gasteiger partial charge in [-0.25, -0.2) is 0 Å². The van der Waals surface area contributed by atoms with Crippen molar-refractivity contribution in [3.05, 3.63) is 21.1 Å². The summed E-state index contributed by atoms with van der Waals surface area (Å²) in [6.07, 6.45) is 13.5. The van der Waals surface area contributed by atoms with Gasteiger partial charge in [0, 0.05) is 0 Å². The number of hydrogen-bond donors (Lipinski definition) is 1. The third-order valence-corrected chi connectivity index (χ3v) is 28.3. The van der Waals surface area contributed by atoms with Gasteiger partial charge < -0.3 is 0 Å². The molecule has 2 aliphatic rings. The molecule has 0 saturated heterocycles. The molecule has 5 heteroatoms. The van der Waals surface area contributed by atoms with Crippen molar-refractivity contribution in [1.82, 2.24) is 3.30 Å². The van der Waals surface area contributed by atoms with Crippen LogP contribution in [0.15, 0.2) is 21.1 Å². The molecule has 1 N–H and O–H groups in total. The van der Waals surface area contributed by atoms with Gasteiger partial charge in [0.15, 0.2) is 0 Å². The van der Waals surface area contributed by atoms with Crippen LogP contribution in [-0.4, -0.2) is 12.0 Å². The standard InChI is InChI=1S/C6H12N.C6H7.C2H7Si.2ClH.Hf/c7-6-4-2-1-3-5-6;1-6-4-2-3-5-6;1-3-2;;;/h6-7H,1-5H2;4-5H,2H2,1H3;3H,1-2H3;2*1H;/q-1;;;;;+1. The Labute approximate surface area is 140 Å². The average molecular weight is 488 g/mol. The van der Waals surface area contributed by atoms with E-state index in [1.54, 1.807) is 0 Å². The van der Waals surface area contributed by atoms with Gasteiger partial charge in [0.1, 0.15) is 0 Å². The number of rotatable bonds is 4. The minimum atomic E-state index is -1.57. The van der Waals surface area contributed by atoms with Gasteiger partial charge in [-0.2, -0.15) is 0 Å². The second-order valence-corrected chi connectivity index (χ2v) is 31.7. The zero-order valence-electron chi connectivity index (χ0n) is 12.4. The summed E-state index contributed by atoms with van der Waals surface area (Å²) in [4.78, 5) is 0. The van der Waals surface area contributed by atoms with E-state index in [4.69, 9.17) is 0 Å². The van der Waals surface area contributed by atoms with Crippen molar-refractivity contribution in [2.24, 2.45) is 0 Å². The predicted octanol–water partition coefficient (Wildman–Crippen LogP) is 4.50. The largest absolute Gasteiger partial charge is 0.147 e. The molecule has 2 aliphatic carbocycles. The summed E-state index contributed by atoms with van der Waals surface area (Å²) in [5.41, 5.74) is 1.52. The van der Waals surface area contributed by atoms with E-state index in [9.17, 15) is 0 Å². The predicted molar refractivity (Wildman–Crippen MR) is 89.8 cm³/mol. The van der Waals surface area contributed by atoms with E-state index < -0.39 is 26.9 Å². The van der Waals surface area contributed by atoms with E-state index >= 15 is 0 Å². The molecule has 2 rings (SSSR count). The molecule has 0 aromatic heterocycles. The molecule has 0 aromatic carbocycles. The fraction of sp³-hybridized carbons (Fsp3) is 0.714. The normalized spacial score (nSPS) is 19.4. The first-order valence-corrected chi connectivity index (χ1v) is 19.9. The minimum Gasteiger partial charge on any atom is -0.147 e.